The summed E-state index contributed by atoms with van der Waals surface area (Å²) in [5.41, 5.74) is 4.95. The molecule has 10 nitrogen and oxygen atoms in total. The molecule has 0 radical (unpaired) electrons. The lowest BCUT2D eigenvalue weighted by Crippen LogP contribution is -2.67. The molecule has 290 valence electrons. The molecule has 0 unspecified atom stereocenters. The average Bonchev–Trinajstić information content (AvgIpc) is 3.70. The van der Waals surface area contributed by atoms with Crippen molar-refractivity contribution in [3.63, 3.8) is 0 Å². The van der Waals surface area contributed by atoms with E-state index in [0.29, 0.717) is 29.1 Å². The lowest BCUT2D eigenvalue weighted by Gasteiger charge is -2.61. The maximum absolute atomic E-state index is 14.2. The molecule has 4 aliphatic heterocycles. The summed E-state index contributed by atoms with van der Waals surface area (Å²) in [5.74, 6) is 1.64. The van der Waals surface area contributed by atoms with Gasteiger partial charge in [0.1, 0.15) is 11.3 Å². The van der Waals surface area contributed by atoms with Gasteiger partial charge >= 0.3 is 6.18 Å². The molecular weight excluding hydrogens is 706 g/mol. The Hall–Kier alpha value is -4.39. The number of amides is 1. The highest BCUT2D eigenvalue weighted by Gasteiger charge is 2.55. The minimum atomic E-state index is -4.54. The molecule has 2 aromatic heterocycles. The smallest absolute Gasteiger partial charge is 0.422 e. The number of piperidine rings is 1. The van der Waals surface area contributed by atoms with Gasteiger partial charge < -0.3 is 19.4 Å². The fourth-order valence-corrected chi connectivity index (χ4v) is 10.7. The summed E-state index contributed by atoms with van der Waals surface area (Å²) >= 11 is 0. The second kappa shape index (κ2) is 12.6. The molecule has 13 heteroatoms. The number of aromatic nitrogens is 4. The van der Waals surface area contributed by atoms with Gasteiger partial charge in [-0.05, 0) is 113 Å². The molecule has 4 aromatic rings. The van der Waals surface area contributed by atoms with Crippen molar-refractivity contribution >= 4 is 39.5 Å². The van der Waals surface area contributed by atoms with Crippen LogP contribution in [0.25, 0.3) is 32.9 Å². The van der Waals surface area contributed by atoms with Crippen molar-refractivity contribution in [3.8, 4) is 16.9 Å². The van der Waals surface area contributed by atoms with Crippen LogP contribution in [0, 0.1) is 17.8 Å². The quantitative estimate of drug-likeness (QED) is 0.187. The van der Waals surface area contributed by atoms with Gasteiger partial charge in [0.15, 0.2) is 12.4 Å². The summed E-state index contributed by atoms with van der Waals surface area (Å²) in [6.07, 6.45) is 7.14. The second-order valence-electron chi connectivity index (χ2n) is 17.7. The van der Waals surface area contributed by atoms with Crippen LogP contribution in [0.1, 0.15) is 75.3 Å². The molecule has 6 heterocycles. The predicted molar refractivity (Wildman–Crippen MR) is 207 cm³/mol. The number of nitrogens with one attached hydrogen (secondary N) is 1. The summed E-state index contributed by atoms with van der Waals surface area (Å²) < 4.78 is 48.5. The van der Waals surface area contributed by atoms with E-state index in [9.17, 15) is 18.0 Å². The number of nitrogens with zero attached hydrogens (tertiary/aromatic N) is 7. The number of carbonyl (C=O) groups excluding carboxylic acids is 1. The average molecular weight is 755 g/mol. The van der Waals surface area contributed by atoms with Gasteiger partial charge in [0, 0.05) is 78.5 Å². The first-order valence-corrected chi connectivity index (χ1v) is 20.1. The Kier molecular flexibility index (Phi) is 8.00. The standard InChI is InChI=1S/C42H49F3N8O2/c1-4-33(54)51-20-40(21-51)11-14-50(15-12-40)38-30-16-29(27-8-9-27)35(34-25(2)7-10-32-31(34)19-46-49-32)37(55-24-42(43,44)45)36(30)47-39(48-38)52-22-41(23-52)17-28(18-41)53-13-5-6-26(53)3/h4,7,10,16,19,26-28H,1,5-6,8-9,11-15,17-18,20-24H2,2-3H3,(H,46,49)/t26-/m0/s1. The Balaban J connectivity index is 1.08. The van der Waals surface area contributed by atoms with Crippen LogP contribution in [0.15, 0.2) is 37.1 Å². The monoisotopic (exact) mass is 754 g/mol. The number of H-pyrrole nitrogens is 1. The molecule has 4 saturated heterocycles. The molecule has 2 spiro atoms. The van der Waals surface area contributed by atoms with Gasteiger partial charge in [-0.25, -0.2) is 4.98 Å². The van der Waals surface area contributed by atoms with Gasteiger partial charge in [-0.1, -0.05) is 12.6 Å². The van der Waals surface area contributed by atoms with E-state index in [0.717, 1.165) is 117 Å². The summed E-state index contributed by atoms with van der Waals surface area (Å²) in [7, 11) is 0. The molecule has 1 atom stereocenters. The second-order valence-corrected chi connectivity index (χ2v) is 17.7. The molecule has 10 rings (SSSR count). The lowest BCUT2D eigenvalue weighted by atomic mass is 9.60. The number of hydrogen-bond acceptors (Lipinski definition) is 8. The van der Waals surface area contributed by atoms with E-state index in [2.05, 4.69) is 44.5 Å². The first kappa shape index (κ1) is 35.1. The topological polar surface area (TPSA) is 93.7 Å². The molecule has 2 saturated carbocycles. The van der Waals surface area contributed by atoms with Crippen molar-refractivity contribution < 1.29 is 22.7 Å². The number of benzene rings is 2. The summed E-state index contributed by atoms with van der Waals surface area (Å²) in [5, 5.41) is 8.95. The molecule has 55 heavy (non-hydrogen) atoms. The minimum Gasteiger partial charge on any atom is -0.481 e. The highest BCUT2D eigenvalue weighted by Crippen LogP contribution is 2.55. The first-order chi connectivity index (χ1) is 26.4. The third kappa shape index (κ3) is 5.94. The van der Waals surface area contributed by atoms with E-state index in [1.165, 1.54) is 25.5 Å². The van der Waals surface area contributed by atoms with E-state index in [1.54, 1.807) is 6.20 Å². The first-order valence-electron chi connectivity index (χ1n) is 20.1. The van der Waals surface area contributed by atoms with E-state index in [-0.39, 0.29) is 28.4 Å². The molecule has 1 amide bonds. The van der Waals surface area contributed by atoms with Crippen LogP contribution in [0.4, 0.5) is 24.9 Å². The highest BCUT2D eigenvalue weighted by molar-refractivity contribution is 6.06. The fourth-order valence-electron chi connectivity index (χ4n) is 10.7. The molecule has 0 bridgehead atoms. The molecule has 2 aliphatic carbocycles. The highest BCUT2D eigenvalue weighted by atomic mass is 19.4. The van der Waals surface area contributed by atoms with Crippen LogP contribution in [0.5, 0.6) is 5.75 Å². The third-order valence-electron chi connectivity index (χ3n) is 13.8. The Bertz CT molecular complexity index is 2180. The summed E-state index contributed by atoms with van der Waals surface area (Å²) in [4.78, 5) is 31.9. The Morgan fingerprint density at radius 3 is 2.44 bits per heavy atom. The number of anilines is 2. The van der Waals surface area contributed by atoms with E-state index < -0.39 is 12.8 Å². The number of rotatable bonds is 8. The number of halogens is 3. The SMILES string of the molecule is C=CC(=O)N1CC2(CCN(c3nc(N4CC5(CC(N6CCC[C@@H]6C)C5)C4)nc4c(OCC(F)(F)F)c(-c5c(C)ccc6[nH]ncc56)c(C5CC5)cc34)CC2)C1. The fraction of sp³-hybridized carbons (Fsp3) is 0.571. The van der Waals surface area contributed by atoms with Crippen molar-refractivity contribution in [2.24, 2.45) is 10.8 Å². The van der Waals surface area contributed by atoms with Crippen molar-refractivity contribution in [1.29, 1.82) is 0 Å². The third-order valence-corrected chi connectivity index (χ3v) is 13.8. The molecular formula is C42H49F3N8O2. The van der Waals surface area contributed by atoms with Crippen LogP contribution in [0.3, 0.4) is 0 Å². The molecule has 6 fully saturated rings. The van der Waals surface area contributed by atoms with Crippen LogP contribution < -0.4 is 14.5 Å². The number of fused-ring (bicyclic) bond motifs is 2. The Morgan fingerprint density at radius 1 is 1.00 bits per heavy atom. The van der Waals surface area contributed by atoms with Gasteiger partial charge in [-0.2, -0.15) is 23.3 Å². The van der Waals surface area contributed by atoms with Crippen molar-refractivity contribution in [2.75, 3.05) is 62.2 Å². The summed E-state index contributed by atoms with van der Waals surface area (Å²) in [6.45, 7) is 12.3. The van der Waals surface area contributed by atoms with Crippen molar-refractivity contribution in [3.05, 3.63) is 48.2 Å². The van der Waals surface area contributed by atoms with Crippen molar-refractivity contribution in [2.45, 2.75) is 89.4 Å². The number of alkyl halides is 3. The maximum atomic E-state index is 14.2. The van der Waals surface area contributed by atoms with Crippen LogP contribution in [-0.2, 0) is 4.79 Å². The van der Waals surface area contributed by atoms with Crippen molar-refractivity contribution in [1.82, 2.24) is 30.0 Å². The van der Waals surface area contributed by atoms with Gasteiger partial charge in [-0.15, -0.1) is 0 Å². The zero-order chi connectivity index (χ0) is 37.9. The zero-order valence-electron chi connectivity index (χ0n) is 31.7. The predicted octanol–water partition coefficient (Wildman–Crippen LogP) is 7.37. The van der Waals surface area contributed by atoms with Gasteiger partial charge in [0.2, 0.25) is 11.9 Å². The van der Waals surface area contributed by atoms with Crippen LogP contribution in [-0.4, -0.2) is 107 Å². The van der Waals surface area contributed by atoms with E-state index in [4.69, 9.17) is 14.7 Å². The number of aryl methyl sites for hydroxylation is 1. The molecule has 6 aliphatic rings. The van der Waals surface area contributed by atoms with Gasteiger partial charge in [0.05, 0.1) is 11.7 Å². The Morgan fingerprint density at radius 2 is 1.76 bits per heavy atom. The minimum absolute atomic E-state index is 0.0318. The van der Waals surface area contributed by atoms with E-state index in [1.807, 2.05) is 24.0 Å². The van der Waals surface area contributed by atoms with Crippen LogP contribution >= 0.6 is 0 Å². The Labute approximate surface area is 319 Å². The van der Waals surface area contributed by atoms with E-state index >= 15 is 0 Å². The molecule has 1 N–H and O–H groups in total. The number of carbonyl (C=O) groups is 1. The normalized spacial score (nSPS) is 23.7. The summed E-state index contributed by atoms with van der Waals surface area (Å²) in [6, 6.07) is 7.37. The molecule has 2 aromatic carbocycles. The number of aromatic amines is 1. The number of likely N-dealkylation sites (tertiary alicyclic amines) is 2. The van der Waals surface area contributed by atoms with Gasteiger partial charge in [-0.3, -0.25) is 14.8 Å². The zero-order valence-corrected chi connectivity index (χ0v) is 31.7. The maximum Gasteiger partial charge on any atom is 0.422 e. The van der Waals surface area contributed by atoms with Crippen LogP contribution in [0.2, 0.25) is 0 Å². The number of ether oxygens (including phenoxy) is 1. The largest absolute Gasteiger partial charge is 0.481 e. The number of hydrogen-bond donors (Lipinski definition) is 1. The lowest BCUT2D eigenvalue weighted by molar-refractivity contribution is -0.153. The van der Waals surface area contributed by atoms with Gasteiger partial charge in [0.25, 0.3) is 0 Å².